The lowest BCUT2D eigenvalue weighted by Gasteiger charge is -2.24. The number of hydrogen-bond acceptors (Lipinski definition) is 4. The third-order valence-corrected chi connectivity index (χ3v) is 3.83. The van der Waals surface area contributed by atoms with E-state index in [1.807, 2.05) is 12.1 Å². The van der Waals surface area contributed by atoms with Crippen LogP contribution < -0.4 is 10.6 Å². The van der Waals surface area contributed by atoms with Gasteiger partial charge in [-0.1, -0.05) is 15.9 Å². The molecule has 1 saturated heterocycles. The summed E-state index contributed by atoms with van der Waals surface area (Å²) in [6.07, 6.45) is 1.11. The van der Waals surface area contributed by atoms with E-state index in [2.05, 4.69) is 31.8 Å². The normalized spacial score (nSPS) is 17.8. The third-order valence-electron chi connectivity index (χ3n) is 3.34. The maximum Gasteiger partial charge on any atom is 0.0601 e. The molecular formula is C13H20BrN3O. The number of nitrogens with zero attached hydrogens (tertiary/aromatic N) is 2. The lowest BCUT2D eigenvalue weighted by molar-refractivity contribution is 0.204. The molecule has 0 aliphatic carbocycles. The Morgan fingerprint density at radius 1 is 1.22 bits per heavy atom. The molecule has 100 valence electrons. The number of nitrogens with two attached hydrogens (primary N) is 1. The molecule has 1 aromatic rings. The number of halogens is 1. The number of benzene rings is 1. The molecule has 18 heavy (non-hydrogen) atoms. The van der Waals surface area contributed by atoms with Crippen molar-refractivity contribution in [3.05, 3.63) is 22.7 Å². The highest BCUT2D eigenvalue weighted by atomic mass is 79.9. The first kappa shape index (κ1) is 13.6. The predicted molar refractivity (Wildman–Crippen MR) is 78.9 cm³/mol. The SMILES string of the molecule is Nc1cc(Br)ccc1N1CCCN(CCO)CC1. The molecule has 0 amide bonds. The fourth-order valence-corrected chi connectivity index (χ4v) is 2.77. The standard InChI is InChI=1S/C13H20BrN3O/c14-11-2-3-13(12(15)10-11)17-5-1-4-16(6-7-17)8-9-18/h2-3,10,18H,1,4-9,15H2. The predicted octanol–water partition coefficient (Wildman–Crippen LogP) is 1.54. The van der Waals surface area contributed by atoms with Crippen molar-refractivity contribution >= 4 is 27.3 Å². The Morgan fingerprint density at radius 2 is 2.06 bits per heavy atom. The van der Waals surface area contributed by atoms with Crippen LogP contribution in [0.2, 0.25) is 0 Å². The summed E-state index contributed by atoms with van der Waals surface area (Å²) in [7, 11) is 0. The third kappa shape index (κ3) is 3.37. The fraction of sp³-hybridized carbons (Fsp3) is 0.538. The lowest BCUT2D eigenvalue weighted by atomic mass is 10.2. The second kappa shape index (κ2) is 6.41. The summed E-state index contributed by atoms with van der Waals surface area (Å²) < 4.78 is 1.01. The monoisotopic (exact) mass is 313 g/mol. The van der Waals surface area contributed by atoms with Gasteiger partial charge in [0.2, 0.25) is 0 Å². The van der Waals surface area contributed by atoms with Crippen LogP contribution in [0.1, 0.15) is 6.42 Å². The average Bonchev–Trinajstić information content (AvgIpc) is 2.55. The molecule has 3 N–H and O–H groups in total. The summed E-state index contributed by atoms with van der Waals surface area (Å²) in [6, 6.07) is 6.05. The highest BCUT2D eigenvalue weighted by Gasteiger charge is 2.16. The zero-order valence-corrected chi connectivity index (χ0v) is 12.1. The molecule has 0 spiro atoms. The van der Waals surface area contributed by atoms with Crippen LogP contribution in [-0.4, -0.2) is 49.3 Å². The summed E-state index contributed by atoms with van der Waals surface area (Å²) in [6.45, 7) is 5.02. The average molecular weight is 314 g/mol. The van der Waals surface area contributed by atoms with E-state index in [1.54, 1.807) is 0 Å². The molecule has 0 radical (unpaired) electrons. The minimum Gasteiger partial charge on any atom is -0.397 e. The van der Waals surface area contributed by atoms with Gasteiger partial charge in [0.05, 0.1) is 18.0 Å². The first-order chi connectivity index (χ1) is 8.70. The summed E-state index contributed by atoms with van der Waals surface area (Å²) in [5.41, 5.74) is 8.01. The Balaban J connectivity index is 2.05. The highest BCUT2D eigenvalue weighted by Crippen LogP contribution is 2.27. The smallest absolute Gasteiger partial charge is 0.0601 e. The van der Waals surface area contributed by atoms with Crippen molar-refractivity contribution < 1.29 is 5.11 Å². The van der Waals surface area contributed by atoms with Gasteiger partial charge in [-0.05, 0) is 31.2 Å². The molecule has 0 bridgehead atoms. The lowest BCUT2D eigenvalue weighted by Crippen LogP contribution is -2.32. The van der Waals surface area contributed by atoms with Crippen LogP contribution in [0.3, 0.4) is 0 Å². The van der Waals surface area contributed by atoms with E-state index in [0.717, 1.165) is 55.0 Å². The van der Waals surface area contributed by atoms with Gasteiger partial charge in [-0.3, -0.25) is 4.90 Å². The first-order valence-electron chi connectivity index (χ1n) is 6.34. The van der Waals surface area contributed by atoms with Crippen molar-refractivity contribution in [2.24, 2.45) is 0 Å². The van der Waals surface area contributed by atoms with Crippen molar-refractivity contribution in [3.8, 4) is 0 Å². The van der Waals surface area contributed by atoms with Crippen molar-refractivity contribution in [3.63, 3.8) is 0 Å². The fourth-order valence-electron chi connectivity index (χ4n) is 2.39. The van der Waals surface area contributed by atoms with Crippen molar-refractivity contribution in [2.45, 2.75) is 6.42 Å². The Morgan fingerprint density at radius 3 is 2.78 bits per heavy atom. The Bertz CT molecular complexity index is 400. The molecule has 0 aromatic heterocycles. The van der Waals surface area contributed by atoms with Crippen LogP contribution in [0.5, 0.6) is 0 Å². The van der Waals surface area contributed by atoms with Crippen LogP contribution in [0.4, 0.5) is 11.4 Å². The topological polar surface area (TPSA) is 52.7 Å². The molecule has 0 atom stereocenters. The van der Waals surface area contributed by atoms with Gasteiger partial charge in [-0.15, -0.1) is 0 Å². The molecule has 1 aromatic carbocycles. The number of nitrogen functional groups attached to an aromatic ring is 1. The number of aliphatic hydroxyl groups is 1. The van der Waals surface area contributed by atoms with E-state index >= 15 is 0 Å². The van der Waals surface area contributed by atoms with E-state index in [-0.39, 0.29) is 6.61 Å². The zero-order valence-electron chi connectivity index (χ0n) is 10.5. The molecule has 0 unspecified atom stereocenters. The molecule has 2 rings (SSSR count). The number of aliphatic hydroxyl groups excluding tert-OH is 1. The molecular weight excluding hydrogens is 294 g/mol. The minimum atomic E-state index is 0.237. The largest absolute Gasteiger partial charge is 0.397 e. The second-order valence-electron chi connectivity index (χ2n) is 4.61. The molecule has 1 heterocycles. The van der Waals surface area contributed by atoms with Gasteiger partial charge >= 0.3 is 0 Å². The van der Waals surface area contributed by atoms with Gasteiger partial charge < -0.3 is 15.7 Å². The van der Waals surface area contributed by atoms with E-state index in [1.165, 1.54) is 0 Å². The van der Waals surface area contributed by atoms with E-state index in [0.29, 0.717) is 0 Å². The van der Waals surface area contributed by atoms with E-state index in [4.69, 9.17) is 10.8 Å². The van der Waals surface area contributed by atoms with Crippen molar-refractivity contribution in [2.75, 3.05) is 50.0 Å². The molecule has 1 aliphatic heterocycles. The Hall–Kier alpha value is -0.780. The zero-order chi connectivity index (χ0) is 13.0. The molecule has 5 heteroatoms. The van der Waals surface area contributed by atoms with Crippen LogP contribution in [-0.2, 0) is 0 Å². The number of hydrogen-bond donors (Lipinski definition) is 2. The van der Waals surface area contributed by atoms with E-state index in [9.17, 15) is 0 Å². The Labute approximate surface area is 117 Å². The van der Waals surface area contributed by atoms with Gasteiger partial charge in [0.15, 0.2) is 0 Å². The van der Waals surface area contributed by atoms with Crippen LogP contribution >= 0.6 is 15.9 Å². The van der Waals surface area contributed by atoms with Gasteiger partial charge in [-0.25, -0.2) is 0 Å². The quantitative estimate of drug-likeness (QED) is 0.831. The number of β-amino-alcohol motifs (C(OH)–C–C–N with tert-alkyl or cyclic N) is 1. The highest BCUT2D eigenvalue weighted by molar-refractivity contribution is 9.10. The summed E-state index contributed by atoms with van der Waals surface area (Å²) in [5.74, 6) is 0. The molecule has 1 fully saturated rings. The van der Waals surface area contributed by atoms with Crippen molar-refractivity contribution in [1.82, 2.24) is 4.90 Å². The first-order valence-corrected chi connectivity index (χ1v) is 7.13. The summed E-state index contributed by atoms with van der Waals surface area (Å²) >= 11 is 3.43. The number of rotatable bonds is 3. The Kier molecular flexibility index (Phi) is 4.86. The van der Waals surface area contributed by atoms with Crippen molar-refractivity contribution in [1.29, 1.82) is 0 Å². The van der Waals surface area contributed by atoms with Crippen LogP contribution in [0, 0.1) is 0 Å². The van der Waals surface area contributed by atoms with Gasteiger partial charge in [-0.2, -0.15) is 0 Å². The molecule has 4 nitrogen and oxygen atoms in total. The van der Waals surface area contributed by atoms with E-state index < -0.39 is 0 Å². The van der Waals surface area contributed by atoms with Gasteiger partial charge in [0, 0.05) is 30.7 Å². The van der Waals surface area contributed by atoms with Crippen LogP contribution in [0.15, 0.2) is 22.7 Å². The molecule has 1 aliphatic rings. The van der Waals surface area contributed by atoms with Crippen LogP contribution in [0.25, 0.3) is 0 Å². The van der Waals surface area contributed by atoms with Gasteiger partial charge in [0.1, 0.15) is 0 Å². The maximum absolute atomic E-state index is 8.99. The minimum absolute atomic E-state index is 0.237. The molecule has 0 saturated carbocycles. The van der Waals surface area contributed by atoms with Gasteiger partial charge in [0.25, 0.3) is 0 Å². The number of anilines is 2. The summed E-state index contributed by atoms with van der Waals surface area (Å²) in [5, 5.41) is 8.99. The summed E-state index contributed by atoms with van der Waals surface area (Å²) in [4.78, 5) is 4.63. The second-order valence-corrected chi connectivity index (χ2v) is 5.52. The maximum atomic E-state index is 8.99.